The molecule has 0 saturated heterocycles. The van der Waals surface area contributed by atoms with E-state index in [0.717, 1.165) is 12.2 Å². The Kier molecular flexibility index (Phi) is 3.23. The summed E-state index contributed by atoms with van der Waals surface area (Å²) in [6.45, 7) is 3.13. The van der Waals surface area contributed by atoms with E-state index in [9.17, 15) is 4.79 Å². The van der Waals surface area contributed by atoms with E-state index in [4.69, 9.17) is 4.74 Å². The monoisotopic (exact) mass is 276 g/mol. The molecule has 8 heteroatoms. The molecule has 106 valence electrons. The van der Waals surface area contributed by atoms with Crippen LogP contribution in [-0.4, -0.2) is 44.3 Å². The first-order chi connectivity index (χ1) is 9.76. The maximum absolute atomic E-state index is 11.8. The van der Waals surface area contributed by atoms with E-state index in [1.165, 1.54) is 6.33 Å². The first-order valence-corrected chi connectivity index (χ1v) is 6.53. The molecule has 1 atom stereocenters. The van der Waals surface area contributed by atoms with Gasteiger partial charge in [-0.15, -0.1) is 10.2 Å². The molecule has 3 rings (SSSR count). The zero-order valence-electron chi connectivity index (χ0n) is 11.4. The first kappa shape index (κ1) is 12.8. The first-order valence-electron chi connectivity index (χ1n) is 6.53. The highest BCUT2D eigenvalue weighted by molar-refractivity contribution is 5.97. The van der Waals surface area contributed by atoms with Crippen LogP contribution < -0.4 is 5.32 Å². The number of ether oxygens (including phenoxy) is 1. The van der Waals surface area contributed by atoms with Crippen LogP contribution >= 0.6 is 0 Å². The highest BCUT2D eigenvalue weighted by atomic mass is 16.5. The lowest BCUT2D eigenvalue weighted by Gasteiger charge is -2.24. The second kappa shape index (κ2) is 5.04. The Balaban J connectivity index is 2.10. The Morgan fingerprint density at radius 2 is 2.45 bits per heavy atom. The number of rotatable bonds is 3. The number of carbonyl (C=O) groups excluding carboxylic acids is 1. The topological polar surface area (TPSA) is 97.7 Å². The molecule has 0 saturated carbocycles. The molecule has 0 radical (unpaired) electrons. The van der Waals surface area contributed by atoms with Crippen molar-refractivity contribution in [3.63, 3.8) is 0 Å². The van der Waals surface area contributed by atoms with Crippen LogP contribution in [0.25, 0.3) is 11.5 Å². The van der Waals surface area contributed by atoms with Crippen LogP contribution in [0.4, 0.5) is 0 Å². The fourth-order valence-corrected chi connectivity index (χ4v) is 2.39. The summed E-state index contributed by atoms with van der Waals surface area (Å²) in [4.78, 5) is 18.9. The predicted molar refractivity (Wildman–Crippen MR) is 70.0 cm³/mol. The summed E-state index contributed by atoms with van der Waals surface area (Å²) in [5, 5.41) is 10.9. The lowest BCUT2D eigenvalue weighted by molar-refractivity contribution is 0.0542. The Morgan fingerprint density at radius 3 is 3.20 bits per heavy atom. The van der Waals surface area contributed by atoms with E-state index >= 15 is 0 Å². The van der Waals surface area contributed by atoms with E-state index in [1.54, 1.807) is 7.05 Å². The summed E-state index contributed by atoms with van der Waals surface area (Å²) in [6.07, 6.45) is 2.39. The van der Waals surface area contributed by atoms with E-state index in [-0.39, 0.29) is 11.9 Å². The van der Waals surface area contributed by atoms with Gasteiger partial charge in [-0.1, -0.05) is 6.92 Å². The molecule has 0 aromatic carbocycles. The van der Waals surface area contributed by atoms with Crippen molar-refractivity contribution < 1.29 is 9.53 Å². The van der Waals surface area contributed by atoms with Gasteiger partial charge in [0.1, 0.15) is 18.0 Å². The van der Waals surface area contributed by atoms with Crippen molar-refractivity contribution >= 4 is 5.91 Å². The number of nitrogens with one attached hydrogen (secondary N) is 2. The molecule has 1 unspecified atom stereocenters. The number of aromatic nitrogens is 5. The van der Waals surface area contributed by atoms with Gasteiger partial charge in [-0.3, -0.25) is 4.79 Å². The molecule has 3 heterocycles. The van der Waals surface area contributed by atoms with E-state index < -0.39 is 0 Å². The second-order valence-electron chi connectivity index (χ2n) is 4.59. The minimum Gasteiger partial charge on any atom is -0.371 e. The molecule has 0 aliphatic carbocycles. The van der Waals surface area contributed by atoms with Gasteiger partial charge >= 0.3 is 0 Å². The van der Waals surface area contributed by atoms with Gasteiger partial charge in [0.2, 0.25) is 0 Å². The number of H-pyrrole nitrogens is 1. The minimum absolute atomic E-state index is 0.165. The second-order valence-corrected chi connectivity index (χ2v) is 4.59. The molecule has 0 fully saturated rings. The summed E-state index contributed by atoms with van der Waals surface area (Å²) in [6, 6.07) is 0.165. The quantitative estimate of drug-likeness (QED) is 0.851. The number of fused-ring (bicyclic) bond motifs is 1. The van der Waals surface area contributed by atoms with Gasteiger partial charge in [0.05, 0.1) is 19.0 Å². The molecule has 0 spiro atoms. The molecular weight excluding hydrogens is 260 g/mol. The zero-order valence-corrected chi connectivity index (χ0v) is 11.4. The Labute approximate surface area is 115 Å². The minimum atomic E-state index is -0.227. The molecule has 2 N–H and O–H groups in total. The Hall–Kier alpha value is -2.22. The Morgan fingerprint density at radius 1 is 1.60 bits per heavy atom. The molecule has 0 bridgehead atoms. The number of nitrogens with zero attached hydrogens (tertiary/aromatic N) is 4. The molecule has 20 heavy (non-hydrogen) atoms. The van der Waals surface area contributed by atoms with Crippen molar-refractivity contribution in [1.82, 2.24) is 30.0 Å². The standard InChI is InChI=1S/C12H16N6O2/c1-3-7-4-20-5-8-16-17-11(18(7)8)9-10(12(19)13-2)15-6-14-9/h6-7H,3-5H2,1-2H3,(H,13,19)(H,14,15). The lowest BCUT2D eigenvalue weighted by Crippen LogP contribution is -2.25. The summed E-state index contributed by atoms with van der Waals surface area (Å²) in [5.41, 5.74) is 0.910. The lowest BCUT2D eigenvalue weighted by atomic mass is 10.2. The molecule has 8 nitrogen and oxygen atoms in total. The number of imidazole rings is 1. The summed E-state index contributed by atoms with van der Waals surface area (Å²) in [5.74, 6) is 1.15. The molecule has 2 aromatic rings. The van der Waals surface area contributed by atoms with Crippen LogP contribution in [0.2, 0.25) is 0 Å². The normalized spacial score (nSPS) is 17.8. The van der Waals surface area contributed by atoms with Gasteiger partial charge < -0.3 is 19.6 Å². The summed E-state index contributed by atoms with van der Waals surface area (Å²) < 4.78 is 7.52. The van der Waals surface area contributed by atoms with Gasteiger partial charge in [-0.05, 0) is 6.42 Å². The third-order valence-electron chi connectivity index (χ3n) is 3.45. The van der Waals surface area contributed by atoms with Crippen molar-refractivity contribution in [2.45, 2.75) is 26.0 Å². The fraction of sp³-hybridized carbons (Fsp3) is 0.500. The molecule has 1 aliphatic heterocycles. The third kappa shape index (κ3) is 1.88. The number of carbonyl (C=O) groups is 1. The van der Waals surface area contributed by atoms with E-state index in [2.05, 4.69) is 32.4 Å². The maximum Gasteiger partial charge on any atom is 0.269 e. The third-order valence-corrected chi connectivity index (χ3v) is 3.45. The highest BCUT2D eigenvalue weighted by Gasteiger charge is 2.28. The smallest absolute Gasteiger partial charge is 0.269 e. The van der Waals surface area contributed by atoms with Crippen molar-refractivity contribution in [3.05, 3.63) is 17.8 Å². The summed E-state index contributed by atoms with van der Waals surface area (Å²) >= 11 is 0. The van der Waals surface area contributed by atoms with Gasteiger partial charge in [0.25, 0.3) is 5.91 Å². The Bertz CT molecular complexity index is 632. The van der Waals surface area contributed by atoms with Gasteiger partial charge in [0.15, 0.2) is 11.6 Å². The number of aromatic amines is 1. The van der Waals surface area contributed by atoms with Crippen LogP contribution in [-0.2, 0) is 11.3 Å². The molecule has 2 aromatic heterocycles. The van der Waals surface area contributed by atoms with Crippen molar-refractivity contribution in [3.8, 4) is 11.5 Å². The molecule has 1 aliphatic rings. The van der Waals surface area contributed by atoms with Gasteiger partial charge in [-0.25, -0.2) is 4.98 Å². The maximum atomic E-state index is 11.8. The SMILES string of the molecule is CCC1COCc2nnc(-c3nc[nH]c3C(=O)NC)n21. The molecule has 1 amide bonds. The van der Waals surface area contributed by atoms with Crippen LogP contribution in [0.1, 0.15) is 35.7 Å². The van der Waals surface area contributed by atoms with E-state index in [1.807, 2.05) is 4.57 Å². The number of amides is 1. The van der Waals surface area contributed by atoms with Crippen LogP contribution in [0.15, 0.2) is 6.33 Å². The van der Waals surface area contributed by atoms with Crippen molar-refractivity contribution in [2.75, 3.05) is 13.7 Å². The molecular formula is C12H16N6O2. The zero-order chi connectivity index (χ0) is 14.1. The average molecular weight is 276 g/mol. The highest BCUT2D eigenvalue weighted by Crippen LogP contribution is 2.28. The average Bonchev–Trinajstić information content (AvgIpc) is 3.11. The predicted octanol–water partition coefficient (Wildman–Crippen LogP) is 0.509. The van der Waals surface area contributed by atoms with Crippen molar-refractivity contribution in [1.29, 1.82) is 0 Å². The van der Waals surface area contributed by atoms with Crippen molar-refractivity contribution in [2.24, 2.45) is 0 Å². The van der Waals surface area contributed by atoms with E-state index in [0.29, 0.717) is 30.4 Å². The fourth-order valence-electron chi connectivity index (χ4n) is 2.39. The van der Waals surface area contributed by atoms with Gasteiger partial charge in [0, 0.05) is 7.05 Å². The number of hydrogen-bond donors (Lipinski definition) is 2. The van der Waals surface area contributed by atoms with Gasteiger partial charge in [-0.2, -0.15) is 0 Å². The van der Waals surface area contributed by atoms with Crippen LogP contribution in [0.5, 0.6) is 0 Å². The van der Waals surface area contributed by atoms with Crippen LogP contribution in [0, 0.1) is 0 Å². The largest absolute Gasteiger partial charge is 0.371 e. The number of hydrogen-bond acceptors (Lipinski definition) is 5. The summed E-state index contributed by atoms with van der Waals surface area (Å²) in [7, 11) is 1.58. The van der Waals surface area contributed by atoms with Crippen LogP contribution in [0.3, 0.4) is 0 Å².